The molecule has 25 heavy (non-hydrogen) atoms. The van der Waals surface area contributed by atoms with Crippen molar-refractivity contribution in [3.63, 3.8) is 0 Å². The lowest BCUT2D eigenvalue weighted by molar-refractivity contribution is 0.101. The number of rotatable bonds is 2. The monoisotopic (exact) mass is 334 g/mol. The number of carbonyl (C=O) groups is 1. The van der Waals surface area contributed by atoms with Crippen LogP contribution in [0.5, 0.6) is 5.75 Å². The van der Waals surface area contributed by atoms with Crippen molar-refractivity contribution in [1.82, 2.24) is 0 Å². The molecule has 2 aliphatic rings. The minimum absolute atomic E-state index is 0.0767. The fraction of sp³-hybridized carbons (Fsp3) is 0.435. The van der Waals surface area contributed by atoms with Gasteiger partial charge < -0.3 is 4.74 Å². The zero-order valence-corrected chi connectivity index (χ0v) is 15.6. The minimum atomic E-state index is 0.0767. The van der Waals surface area contributed by atoms with Crippen LogP contribution in [0.2, 0.25) is 0 Å². The maximum absolute atomic E-state index is 12.0. The molecule has 2 heteroatoms. The number of benzene rings is 2. The molecule has 2 aromatic rings. The Balaban J connectivity index is 1.83. The van der Waals surface area contributed by atoms with E-state index in [-0.39, 0.29) is 11.2 Å². The number of fused-ring (bicyclic) bond motifs is 4. The normalized spacial score (nSPS) is 27.0. The second-order valence-corrected chi connectivity index (χ2v) is 8.20. The molecule has 2 aromatic carbocycles. The van der Waals surface area contributed by atoms with E-state index in [1.165, 1.54) is 22.3 Å². The molecule has 4 rings (SSSR count). The molecule has 0 aliphatic heterocycles. The topological polar surface area (TPSA) is 26.3 Å². The summed E-state index contributed by atoms with van der Waals surface area (Å²) in [5.74, 6) is 1.82. The summed E-state index contributed by atoms with van der Waals surface area (Å²) in [4.78, 5) is 12.0. The highest BCUT2D eigenvalue weighted by Crippen LogP contribution is 2.55. The first-order valence-electron chi connectivity index (χ1n) is 9.22. The highest BCUT2D eigenvalue weighted by atomic mass is 16.5. The fourth-order valence-corrected chi connectivity index (χ4v) is 5.18. The van der Waals surface area contributed by atoms with Crippen molar-refractivity contribution in [1.29, 1.82) is 0 Å². The minimum Gasteiger partial charge on any atom is -0.496 e. The lowest BCUT2D eigenvalue weighted by atomic mass is 9.73. The van der Waals surface area contributed by atoms with Crippen LogP contribution in [0.25, 0.3) is 0 Å². The predicted molar refractivity (Wildman–Crippen MR) is 101 cm³/mol. The molecule has 0 bridgehead atoms. The van der Waals surface area contributed by atoms with Crippen LogP contribution >= 0.6 is 0 Å². The quantitative estimate of drug-likeness (QED) is 0.697. The summed E-state index contributed by atoms with van der Waals surface area (Å²) >= 11 is 0. The van der Waals surface area contributed by atoms with Crippen molar-refractivity contribution in [3.8, 4) is 5.75 Å². The smallest absolute Gasteiger partial charge is 0.163 e. The number of hydrogen-bond donors (Lipinski definition) is 0. The summed E-state index contributed by atoms with van der Waals surface area (Å²) in [5.41, 5.74) is 6.68. The van der Waals surface area contributed by atoms with Gasteiger partial charge in [-0.1, -0.05) is 38.1 Å². The van der Waals surface area contributed by atoms with Crippen LogP contribution in [0.15, 0.2) is 36.4 Å². The molecule has 0 radical (unpaired) electrons. The Morgan fingerprint density at radius 3 is 2.56 bits per heavy atom. The summed E-state index contributed by atoms with van der Waals surface area (Å²) < 4.78 is 5.53. The number of ether oxygens (including phenoxy) is 1. The molecule has 2 aliphatic carbocycles. The molecule has 0 aromatic heterocycles. The third-order valence-corrected chi connectivity index (χ3v) is 6.42. The first-order chi connectivity index (χ1) is 11.9. The molecular formula is C23H26O2. The molecule has 0 amide bonds. The summed E-state index contributed by atoms with van der Waals surface area (Å²) in [5, 5.41) is 0. The summed E-state index contributed by atoms with van der Waals surface area (Å²) in [6.45, 7) is 6.37. The van der Waals surface area contributed by atoms with Crippen molar-refractivity contribution in [2.75, 3.05) is 7.11 Å². The third kappa shape index (κ3) is 2.50. The van der Waals surface area contributed by atoms with E-state index in [4.69, 9.17) is 4.74 Å². The van der Waals surface area contributed by atoms with Gasteiger partial charge in [0.2, 0.25) is 0 Å². The molecule has 0 saturated heterocycles. The Labute approximate surface area is 150 Å². The highest BCUT2D eigenvalue weighted by molar-refractivity contribution is 5.97. The molecule has 3 atom stereocenters. The largest absolute Gasteiger partial charge is 0.496 e. The number of methoxy groups -OCH3 is 1. The van der Waals surface area contributed by atoms with Gasteiger partial charge in [0.1, 0.15) is 5.75 Å². The van der Waals surface area contributed by atoms with Gasteiger partial charge in [0, 0.05) is 0 Å². The van der Waals surface area contributed by atoms with Gasteiger partial charge in [-0.25, -0.2) is 0 Å². The fourth-order valence-electron chi connectivity index (χ4n) is 5.18. The van der Waals surface area contributed by atoms with Gasteiger partial charge in [-0.15, -0.1) is 0 Å². The third-order valence-electron chi connectivity index (χ3n) is 6.42. The highest BCUT2D eigenvalue weighted by Gasteiger charge is 2.45. The SMILES string of the molecule is COc1cc2c(cc1C(C)=O)C(C)CC1c3ccccc3CC1(C)C2. The maximum atomic E-state index is 12.0. The molecule has 0 heterocycles. The molecule has 0 spiro atoms. The van der Waals surface area contributed by atoms with Crippen LogP contribution in [0.4, 0.5) is 0 Å². The van der Waals surface area contributed by atoms with Gasteiger partial charge in [-0.3, -0.25) is 4.79 Å². The summed E-state index contributed by atoms with van der Waals surface area (Å²) in [6.07, 6.45) is 3.32. The van der Waals surface area contributed by atoms with Gasteiger partial charge in [-0.05, 0) is 77.8 Å². The summed E-state index contributed by atoms with van der Waals surface area (Å²) in [7, 11) is 1.66. The van der Waals surface area contributed by atoms with Gasteiger partial charge in [0.15, 0.2) is 5.78 Å². The van der Waals surface area contributed by atoms with Crippen LogP contribution < -0.4 is 4.74 Å². The lowest BCUT2D eigenvalue weighted by Crippen LogP contribution is -2.24. The average Bonchev–Trinajstić information content (AvgIpc) is 2.79. The van der Waals surface area contributed by atoms with Crippen LogP contribution in [-0.2, 0) is 12.8 Å². The number of hydrogen-bond acceptors (Lipinski definition) is 2. The number of carbonyl (C=O) groups excluding carboxylic acids is 1. The van der Waals surface area contributed by atoms with Crippen LogP contribution in [-0.4, -0.2) is 12.9 Å². The molecule has 3 unspecified atom stereocenters. The molecular weight excluding hydrogens is 308 g/mol. The Kier molecular flexibility index (Phi) is 3.75. The Morgan fingerprint density at radius 2 is 1.84 bits per heavy atom. The van der Waals surface area contributed by atoms with Gasteiger partial charge in [0.25, 0.3) is 0 Å². The van der Waals surface area contributed by atoms with E-state index in [0.717, 1.165) is 25.0 Å². The van der Waals surface area contributed by atoms with Crippen molar-refractivity contribution < 1.29 is 9.53 Å². The van der Waals surface area contributed by atoms with Crippen LogP contribution in [0.1, 0.15) is 71.6 Å². The lowest BCUT2D eigenvalue weighted by Gasteiger charge is -2.31. The first-order valence-corrected chi connectivity index (χ1v) is 9.22. The van der Waals surface area contributed by atoms with E-state index >= 15 is 0 Å². The van der Waals surface area contributed by atoms with Crippen molar-refractivity contribution >= 4 is 5.78 Å². The Bertz CT molecular complexity index is 851. The van der Waals surface area contributed by atoms with Crippen LogP contribution in [0.3, 0.4) is 0 Å². The van der Waals surface area contributed by atoms with Crippen molar-refractivity contribution in [2.45, 2.75) is 51.9 Å². The molecule has 2 nitrogen and oxygen atoms in total. The van der Waals surface area contributed by atoms with Gasteiger partial charge in [0.05, 0.1) is 12.7 Å². The second-order valence-electron chi connectivity index (χ2n) is 8.20. The maximum Gasteiger partial charge on any atom is 0.163 e. The van der Waals surface area contributed by atoms with Crippen molar-refractivity contribution in [3.05, 3.63) is 64.2 Å². The standard InChI is InChI=1S/C23H26O2/c1-14-9-21-18-8-6-5-7-16(18)12-23(21,3)13-17-10-22(25-4)20(15(2)24)11-19(14)17/h5-8,10-11,14,21H,9,12-13H2,1-4H3. The second kappa shape index (κ2) is 5.72. The molecule has 0 N–H and O–H groups in total. The number of Topliss-reactive ketones (excluding diaryl/α,β-unsaturated/α-hetero) is 1. The molecule has 0 saturated carbocycles. The Morgan fingerprint density at radius 1 is 1.12 bits per heavy atom. The predicted octanol–water partition coefficient (Wildman–Crippen LogP) is 5.29. The molecule has 130 valence electrons. The zero-order valence-electron chi connectivity index (χ0n) is 15.6. The average molecular weight is 334 g/mol. The first kappa shape index (κ1) is 16.4. The zero-order chi connectivity index (χ0) is 17.8. The molecule has 0 fully saturated rings. The van der Waals surface area contributed by atoms with E-state index in [2.05, 4.69) is 50.2 Å². The van der Waals surface area contributed by atoms with E-state index < -0.39 is 0 Å². The number of ketones is 1. The van der Waals surface area contributed by atoms with Gasteiger partial charge in [-0.2, -0.15) is 0 Å². The van der Waals surface area contributed by atoms with E-state index in [0.29, 0.717) is 17.4 Å². The van der Waals surface area contributed by atoms with E-state index in [1.807, 2.05) is 0 Å². The van der Waals surface area contributed by atoms with Gasteiger partial charge >= 0.3 is 0 Å². The van der Waals surface area contributed by atoms with Crippen molar-refractivity contribution in [2.24, 2.45) is 5.41 Å². The summed E-state index contributed by atoms with van der Waals surface area (Å²) in [6, 6.07) is 13.2. The Hall–Kier alpha value is -2.09. The van der Waals surface area contributed by atoms with Crippen LogP contribution in [0, 0.1) is 5.41 Å². The van der Waals surface area contributed by atoms with E-state index in [9.17, 15) is 4.79 Å². The van der Waals surface area contributed by atoms with E-state index in [1.54, 1.807) is 14.0 Å².